The summed E-state index contributed by atoms with van der Waals surface area (Å²) in [7, 11) is 1.68. The van der Waals surface area contributed by atoms with Gasteiger partial charge in [0.2, 0.25) is 5.91 Å². The van der Waals surface area contributed by atoms with E-state index < -0.39 is 0 Å². The number of hydrogen-bond acceptors (Lipinski definition) is 2. The number of amides is 1. The summed E-state index contributed by atoms with van der Waals surface area (Å²) >= 11 is 0. The smallest absolute Gasteiger partial charge is 0.224 e. The number of carbonyl (C=O) groups is 1. The molecule has 0 atom stereocenters. The van der Waals surface area contributed by atoms with E-state index in [1.54, 1.807) is 7.11 Å². The maximum absolute atomic E-state index is 12.2. The van der Waals surface area contributed by atoms with Gasteiger partial charge in [0.05, 0.1) is 7.11 Å². The second-order valence-corrected chi connectivity index (χ2v) is 7.04. The molecular weight excluding hydrogens is 358 g/mol. The largest absolute Gasteiger partial charge is 0.497 e. The summed E-state index contributed by atoms with van der Waals surface area (Å²) in [5, 5.41) is 5.30. The van der Waals surface area contributed by atoms with Gasteiger partial charge in [-0.1, -0.05) is 60.7 Å². The van der Waals surface area contributed by atoms with Crippen LogP contribution in [0.5, 0.6) is 5.75 Å². The van der Waals surface area contributed by atoms with E-state index >= 15 is 0 Å². The van der Waals surface area contributed by atoms with Crippen molar-refractivity contribution in [1.29, 1.82) is 0 Å². The average Bonchev–Trinajstić information content (AvgIpc) is 2.78. The fourth-order valence-corrected chi connectivity index (χ4v) is 3.40. The Morgan fingerprint density at radius 3 is 2.24 bits per heavy atom. The molecular formula is C26H23NO2. The number of benzene rings is 4. The van der Waals surface area contributed by atoms with Crippen molar-refractivity contribution in [2.75, 3.05) is 12.4 Å². The Morgan fingerprint density at radius 2 is 1.48 bits per heavy atom. The molecule has 4 aromatic carbocycles. The molecule has 0 aliphatic heterocycles. The molecule has 0 unspecified atom stereocenters. The molecule has 3 nitrogen and oxygen atoms in total. The molecule has 29 heavy (non-hydrogen) atoms. The number of rotatable bonds is 6. The van der Waals surface area contributed by atoms with Crippen molar-refractivity contribution in [3.8, 4) is 16.9 Å². The zero-order valence-corrected chi connectivity index (χ0v) is 16.4. The maximum atomic E-state index is 12.2. The van der Waals surface area contributed by atoms with E-state index in [4.69, 9.17) is 4.74 Å². The van der Waals surface area contributed by atoms with Gasteiger partial charge >= 0.3 is 0 Å². The normalized spacial score (nSPS) is 10.7. The number of aryl methyl sites for hydroxylation is 1. The van der Waals surface area contributed by atoms with Crippen LogP contribution in [0.1, 0.15) is 12.0 Å². The molecule has 4 aromatic rings. The van der Waals surface area contributed by atoms with Crippen LogP contribution in [0.4, 0.5) is 5.69 Å². The monoisotopic (exact) mass is 381 g/mol. The van der Waals surface area contributed by atoms with Gasteiger partial charge in [-0.3, -0.25) is 4.79 Å². The first-order valence-corrected chi connectivity index (χ1v) is 9.73. The van der Waals surface area contributed by atoms with E-state index in [0.717, 1.165) is 34.4 Å². The second-order valence-electron chi connectivity index (χ2n) is 7.04. The first kappa shape index (κ1) is 18.8. The van der Waals surface area contributed by atoms with E-state index in [9.17, 15) is 4.79 Å². The van der Waals surface area contributed by atoms with Crippen LogP contribution in [0.25, 0.3) is 21.9 Å². The molecule has 4 rings (SSSR count). The number of hydrogen-bond donors (Lipinski definition) is 1. The third-order valence-electron chi connectivity index (χ3n) is 5.03. The third kappa shape index (κ3) is 4.64. The van der Waals surface area contributed by atoms with Crippen molar-refractivity contribution >= 4 is 22.4 Å². The van der Waals surface area contributed by atoms with Gasteiger partial charge in [-0.2, -0.15) is 0 Å². The van der Waals surface area contributed by atoms with Gasteiger partial charge in [0.25, 0.3) is 0 Å². The van der Waals surface area contributed by atoms with E-state index in [2.05, 4.69) is 29.6 Å². The van der Waals surface area contributed by atoms with Crippen LogP contribution in [-0.2, 0) is 11.2 Å². The summed E-state index contributed by atoms with van der Waals surface area (Å²) in [4.78, 5) is 12.2. The zero-order chi connectivity index (χ0) is 20.1. The van der Waals surface area contributed by atoms with Gasteiger partial charge in [0.1, 0.15) is 5.75 Å². The minimum absolute atomic E-state index is 0.0289. The van der Waals surface area contributed by atoms with Crippen LogP contribution >= 0.6 is 0 Å². The molecule has 0 aliphatic rings. The summed E-state index contributed by atoms with van der Waals surface area (Å²) in [5.74, 6) is 0.888. The Balaban J connectivity index is 1.42. The standard InChI is InChI=1S/C26H23NO2/c1-29-25-15-12-22-17-21(8-9-23(22)18-25)20-10-13-24(14-11-20)27-26(28)16-7-19-5-3-2-4-6-19/h2-6,8-15,17-18H,7,16H2,1H3,(H,27,28). The predicted octanol–water partition coefficient (Wildman–Crippen LogP) is 6.09. The Labute approximate surface area is 171 Å². The summed E-state index contributed by atoms with van der Waals surface area (Å²) in [6, 6.07) is 30.5. The molecule has 3 heteroatoms. The van der Waals surface area contributed by atoms with E-state index in [1.807, 2.05) is 66.7 Å². The first-order valence-electron chi connectivity index (χ1n) is 9.73. The van der Waals surface area contributed by atoms with Crippen molar-refractivity contribution in [3.63, 3.8) is 0 Å². The van der Waals surface area contributed by atoms with Crippen LogP contribution in [0.2, 0.25) is 0 Å². The first-order chi connectivity index (χ1) is 14.2. The molecule has 144 valence electrons. The summed E-state index contributed by atoms with van der Waals surface area (Å²) < 4.78 is 5.29. The second kappa shape index (κ2) is 8.61. The molecule has 0 heterocycles. The quantitative estimate of drug-likeness (QED) is 0.439. The van der Waals surface area contributed by atoms with Crippen molar-refractivity contribution in [2.45, 2.75) is 12.8 Å². The third-order valence-corrected chi connectivity index (χ3v) is 5.03. The average molecular weight is 381 g/mol. The lowest BCUT2D eigenvalue weighted by Crippen LogP contribution is -2.12. The Hall–Kier alpha value is -3.59. The molecule has 0 saturated heterocycles. The molecule has 0 fully saturated rings. The van der Waals surface area contributed by atoms with Gasteiger partial charge in [-0.15, -0.1) is 0 Å². The Morgan fingerprint density at radius 1 is 0.793 bits per heavy atom. The van der Waals surface area contributed by atoms with Crippen LogP contribution in [0.3, 0.4) is 0 Å². The molecule has 0 bridgehead atoms. The molecule has 1 N–H and O–H groups in total. The van der Waals surface area contributed by atoms with Gasteiger partial charge in [-0.05, 0) is 64.2 Å². The highest BCUT2D eigenvalue weighted by atomic mass is 16.5. The number of ether oxygens (including phenoxy) is 1. The highest BCUT2D eigenvalue weighted by molar-refractivity contribution is 5.92. The number of fused-ring (bicyclic) bond motifs is 1. The van der Waals surface area contributed by atoms with Crippen LogP contribution in [-0.4, -0.2) is 13.0 Å². The highest BCUT2D eigenvalue weighted by Crippen LogP contribution is 2.27. The van der Waals surface area contributed by atoms with E-state index in [-0.39, 0.29) is 5.91 Å². The minimum Gasteiger partial charge on any atom is -0.497 e. The zero-order valence-electron chi connectivity index (χ0n) is 16.4. The van der Waals surface area contributed by atoms with Gasteiger partial charge < -0.3 is 10.1 Å². The van der Waals surface area contributed by atoms with Gasteiger partial charge in [0, 0.05) is 12.1 Å². The van der Waals surface area contributed by atoms with Crippen LogP contribution in [0.15, 0.2) is 91.0 Å². The van der Waals surface area contributed by atoms with E-state index in [1.165, 1.54) is 10.9 Å². The number of nitrogens with one attached hydrogen (secondary N) is 1. The van der Waals surface area contributed by atoms with Gasteiger partial charge in [-0.25, -0.2) is 0 Å². The lowest BCUT2D eigenvalue weighted by atomic mass is 10.0. The number of methoxy groups -OCH3 is 1. The van der Waals surface area contributed by atoms with Crippen molar-refractivity contribution in [3.05, 3.63) is 96.6 Å². The van der Waals surface area contributed by atoms with Gasteiger partial charge in [0.15, 0.2) is 0 Å². The fourth-order valence-electron chi connectivity index (χ4n) is 3.40. The Bertz CT molecular complexity index is 1120. The molecule has 0 aliphatic carbocycles. The highest BCUT2D eigenvalue weighted by Gasteiger charge is 2.05. The lowest BCUT2D eigenvalue weighted by Gasteiger charge is -2.08. The molecule has 1 amide bonds. The van der Waals surface area contributed by atoms with Crippen LogP contribution in [0, 0.1) is 0 Å². The van der Waals surface area contributed by atoms with Crippen molar-refractivity contribution in [1.82, 2.24) is 0 Å². The van der Waals surface area contributed by atoms with Crippen LogP contribution < -0.4 is 10.1 Å². The number of anilines is 1. The number of carbonyl (C=O) groups excluding carboxylic acids is 1. The maximum Gasteiger partial charge on any atom is 0.224 e. The fraction of sp³-hybridized carbons (Fsp3) is 0.115. The minimum atomic E-state index is 0.0289. The molecule has 0 aromatic heterocycles. The summed E-state index contributed by atoms with van der Waals surface area (Å²) in [6.45, 7) is 0. The Kier molecular flexibility index (Phi) is 5.57. The van der Waals surface area contributed by atoms with E-state index in [0.29, 0.717) is 6.42 Å². The summed E-state index contributed by atoms with van der Waals surface area (Å²) in [5.41, 5.74) is 4.25. The van der Waals surface area contributed by atoms with Crippen molar-refractivity contribution in [2.24, 2.45) is 0 Å². The van der Waals surface area contributed by atoms with Crippen molar-refractivity contribution < 1.29 is 9.53 Å². The molecule has 0 radical (unpaired) electrons. The topological polar surface area (TPSA) is 38.3 Å². The predicted molar refractivity (Wildman–Crippen MR) is 119 cm³/mol. The SMILES string of the molecule is COc1ccc2cc(-c3ccc(NC(=O)CCc4ccccc4)cc3)ccc2c1. The molecule has 0 saturated carbocycles. The molecule has 0 spiro atoms. The lowest BCUT2D eigenvalue weighted by molar-refractivity contribution is -0.116. The summed E-state index contributed by atoms with van der Waals surface area (Å²) in [6.07, 6.45) is 1.21.